The number of ketones is 1. The number of alkyl halides is 3. The fraction of sp³-hybridized carbons (Fsp3) is 0.333. The van der Waals surface area contributed by atoms with Gasteiger partial charge in [0, 0.05) is 44.8 Å². The van der Waals surface area contributed by atoms with E-state index in [1.807, 2.05) is 30.3 Å². The minimum absolute atomic E-state index is 0.0190. The Kier molecular flexibility index (Phi) is 8.55. The van der Waals surface area contributed by atoms with E-state index in [-0.39, 0.29) is 29.9 Å². The van der Waals surface area contributed by atoms with Gasteiger partial charge in [0.25, 0.3) is 11.9 Å². The van der Waals surface area contributed by atoms with E-state index >= 15 is 0 Å². The average molecular weight is 622 g/mol. The first-order valence-electron chi connectivity index (χ1n) is 14.8. The van der Waals surface area contributed by atoms with E-state index in [0.717, 1.165) is 12.8 Å². The molecule has 234 valence electrons. The number of halogens is 4. The summed E-state index contributed by atoms with van der Waals surface area (Å²) in [4.78, 5) is 37.0. The molecular formula is C33H31F4N5O3. The van der Waals surface area contributed by atoms with Crippen molar-refractivity contribution in [2.75, 3.05) is 36.4 Å². The molecule has 6 rings (SSSR count). The molecule has 0 aliphatic carbocycles. The lowest BCUT2D eigenvalue weighted by Gasteiger charge is -2.31. The van der Waals surface area contributed by atoms with Crippen LogP contribution in [-0.4, -0.2) is 58.8 Å². The van der Waals surface area contributed by atoms with Crippen LogP contribution in [0.3, 0.4) is 0 Å². The number of hydrogen-bond acceptors (Lipinski definition) is 7. The van der Waals surface area contributed by atoms with Gasteiger partial charge in [-0.1, -0.05) is 48.5 Å². The number of anilines is 2. The van der Waals surface area contributed by atoms with Crippen LogP contribution in [0.25, 0.3) is 0 Å². The molecular weight excluding hydrogens is 590 g/mol. The van der Waals surface area contributed by atoms with Gasteiger partial charge in [0.1, 0.15) is 11.6 Å². The monoisotopic (exact) mass is 621 g/mol. The number of Topliss-reactive ketones (excluding diaryl/α,β-unsaturated/α-hetero) is 1. The lowest BCUT2D eigenvalue weighted by Crippen LogP contribution is -2.33. The van der Waals surface area contributed by atoms with Crippen LogP contribution in [0.1, 0.15) is 62.9 Å². The number of pyridine rings is 1. The minimum atomic E-state index is -4.86. The zero-order chi connectivity index (χ0) is 31.6. The van der Waals surface area contributed by atoms with Crippen molar-refractivity contribution in [3.8, 4) is 0 Å². The smallest absolute Gasteiger partial charge is 0.420 e. The minimum Gasteiger partial charge on any atom is -0.420 e. The van der Waals surface area contributed by atoms with Crippen molar-refractivity contribution < 1.29 is 31.6 Å². The number of likely N-dealkylation sites (tertiary alicyclic amines) is 1. The van der Waals surface area contributed by atoms with E-state index in [2.05, 4.69) is 15.3 Å². The molecule has 0 radical (unpaired) electrons. The number of amides is 1. The largest absolute Gasteiger partial charge is 0.437 e. The van der Waals surface area contributed by atoms with Crippen molar-refractivity contribution in [2.24, 2.45) is 0 Å². The lowest BCUT2D eigenvalue weighted by atomic mass is 9.90. The highest BCUT2D eigenvalue weighted by Crippen LogP contribution is 2.36. The Morgan fingerprint density at radius 1 is 0.933 bits per heavy atom. The summed E-state index contributed by atoms with van der Waals surface area (Å²) in [5.74, 6) is -1.84. The Morgan fingerprint density at radius 2 is 1.67 bits per heavy atom. The quantitative estimate of drug-likeness (QED) is 0.181. The highest BCUT2D eigenvalue weighted by atomic mass is 19.4. The van der Waals surface area contributed by atoms with E-state index in [1.54, 1.807) is 28.0 Å². The first kappa shape index (κ1) is 30.3. The number of rotatable bonds is 8. The van der Waals surface area contributed by atoms with Crippen LogP contribution < -0.4 is 10.2 Å². The number of hydrogen-bond donors (Lipinski definition) is 1. The molecule has 2 saturated heterocycles. The van der Waals surface area contributed by atoms with Gasteiger partial charge >= 0.3 is 6.18 Å². The SMILES string of the molecule is O=C(Cc1ccc(N[C@H]2CCN(C(=O)c3ccccc3F)C2)nc1)c1oc(N2CCC(c3ccccc3)CC2)nc1C(F)(F)F. The second-order valence-corrected chi connectivity index (χ2v) is 11.4. The van der Waals surface area contributed by atoms with E-state index in [0.29, 0.717) is 49.9 Å². The predicted molar refractivity (Wildman–Crippen MR) is 159 cm³/mol. The molecule has 2 aliphatic heterocycles. The summed E-state index contributed by atoms with van der Waals surface area (Å²) in [5.41, 5.74) is 0.287. The highest BCUT2D eigenvalue weighted by Gasteiger charge is 2.42. The fourth-order valence-electron chi connectivity index (χ4n) is 5.91. The molecule has 2 aliphatic rings. The van der Waals surface area contributed by atoms with Gasteiger partial charge < -0.3 is 19.5 Å². The molecule has 8 nitrogen and oxygen atoms in total. The van der Waals surface area contributed by atoms with E-state index in [1.165, 1.54) is 30.0 Å². The third-order valence-corrected chi connectivity index (χ3v) is 8.30. The molecule has 4 heterocycles. The molecule has 2 fully saturated rings. The Morgan fingerprint density at radius 3 is 2.36 bits per heavy atom. The van der Waals surface area contributed by atoms with Crippen LogP contribution in [0.15, 0.2) is 77.3 Å². The molecule has 1 N–H and O–H groups in total. The average Bonchev–Trinajstić information content (AvgIpc) is 3.71. The summed E-state index contributed by atoms with van der Waals surface area (Å²) >= 11 is 0. The van der Waals surface area contributed by atoms with Gasteiger partial charge in [0.2, 0.25) is 11.5 Å². The molecule has 1 atom stereocenters. The van der Waals surface area contributed by atoms with Crippen LogP contribution in [-0.2, 0) is 12.6 Å². The Hall–Kier alpha value is -4.74. The zero-order valence-corrected chi connectivity index (χ0v) is 24.3. The van der Waals surface area contributed by atoms with Gasteiger partial charge in [-0.2, -0.15) is 18.2 Å². The predicted octanol–water partition coefficient (Wildman–Crippen LogP) is 6.36. The first-order chi connectivity index (χ1) is 21.7. The molecule has 12 heteroatoms. The van der Waals surface area contributed by atoms with Gasteiger partial charge in [-0.05, 0) is 54.5 Å². The number of piperidine rings is 1. The maximum Gasteiger partial charge on any atom is 0.437 e. The number of aromatic nitrogens is 2. The molecule has 2 aromatic carbocycles. The molecule has 1 amide bonds. The van der Waals surface area contributed by atoms with Gasteiger partial charge in [-0.15, -0.1) is 0 Å². The fourth-order valence-corrected chi connectivity index (χ4v) is 5.91. The normalized spacial score (nSPS) is 17.5. The van der Waals surface area contributed by atoms with Crippen molar-refractivity contribution in [3.63, 3.8) is 0 Å². The molecule has 0 unspecified atom stereocenters. The van der Waals surface area contributed by atoms with E-state index in [9.17, 15) is 27.2 Å². The summed E-state index contributed by atoms with van der Waals surface area (Å²) in [6.07, 6.45) is -1.72. The molecule has 2 aromatic heterocycles. The first-order valence-corrected chi connectivity index (χ1v) is 14.8. The van der Waals surface area contributed by atoms with Crippen molar-refractivity contribution in [1.29, 1.82) is 0 Å². The molecule has 4 aromatic rings. The number of carbonyl (C=O) groups excluding carboxylic acids is 2. The van der Waals surface area contributed by atoms with Crippen LogP contribution >= 0.6 is 0 Å². The summed E-state index contributed by atoms with van der Waals surface area (Å²) in [6, 6.07) is 18.7. The van der Waals surface area contributed by atoms with Gasteiger partial charge in [-0.25, -0.2) is 9.37 Å². The Bertz CT molecular complexity index is 1650. The maximum atomic E-state index is 14.0. The van der Waals surface area contributed by atoms with E-state index < -0.39 is 29.2 Å². The number of benzene rings is 2. The number of nitrogens with one attached hydrogen (secondary N) is 1. The number of nitrogens with zero attached hydrogens (tertiary/aromatic N) is 4. The topological polar surface area (TPSA) is 91.6 Å². The van der Waals surface area contributed by atoms with Crippen LogP contribution in [0.4, 0.5) is 29.4 Å². The third kappa shape index (κ3) is 6.84. The van der Waals surface area contributed by atoms with Crippen molar-refractivity contribution >= 4 is 23.5 Å². The summed E-state index contributed by atoms with van der Waals surface area (Å²) in [7, 11) is 0. The molecule has 0 bridgehead atoms. The summed E-state index contributed by atoms with van der Waals surface area (Å²) < 4.78 is 61.2. The van der Waals surface area contributed by atoms with Crippen LogP contribution in [0.2, 0.25) is 0 Å². The number of oxazole rings is 1. The Labute approximate surface area is 257 Å². The van der Waals surface area contributed by atoms with Crippen molar-refractivity contribution in [3.05, 3.63) is 107 Å². The molecule has 45 heavy (non-hydrogen) atoms. The second-order valence-electron chi connectivity index (χ2n) is 11.4. The summed E-state index contributed by atoms with van der Waals surface area (Å²) in [6.45, 7) is 1.72. The molecule has 0 saturated carbocycles. The lowest BCUT2D eigenvalue weighted by molar-refractivity contribution is -0.141. The summed E-state index contributed by atoms with van der Waals surface area (Å²) in [5, 5.41) is 3.22. The van der Waals surface area contributed by atoms with E-state index in [4.69, 9.17) is 4.42 Å². The van der Waals surface area contributed by atoms with Crippen molar-refractivity contribution in [1.82, 2.24) is 14.9 Å². The van der Waals surface area contributed by atoms with Crippen LogP contribution in [0, 0.1) is 5.82 Å². The van der Waals surface area contributed by atoms with Crippen molar-refractivity contribution in [2.45, 2.75) is 43.8 Å². The zero-order valence-electron chi connectivity index (χ0n) is 24.3. The maximum absolute atomic E-state index is 14.0. The standard InChI is InChI=1S/C33H31F4N5O3/c34-26-9-5-4-8-25(26)31(44)42-17-14-24(20-42)39-28-11-10-21(19-38-28)18-27(43)29-30(33(35,36)37)40-32(45-29)41-15-12-23(13-16-41)22-6-2-1-3-7-22/h1-11,19,23-24H,12-18,20H2,(H,38,39)/t24-/m0/s1. The van der Waals surface area contributed by atoms with Crippen LogP contribution in [0.5, 0.6) is 0 Å². The highest BCUT2D eigenvalue weighted by molar-refractivity contribution is 5.96. The number of carbonyl (C=O) groups is 2. The second kappa shape index (κ2) is 12.7. The molecule has 0 spiro atoms. The third-order valence-electron chi connectivity index (χ3n) is 8.30. The Balaban J connectivity index is 1.07. The van der Waals surface area contributed by atoms with Gasteiger partial charge in [0.05, 0.1) is 5.56 Å². The van der Waals surface area contributed by atoms with Gasteiger partial charge in [0.15, 0.2) is 5.69 Å². The van der Waals surface area contributed by atoms with Gasteiger partial charge in [-0.3, -0.25) is 9.59 Å².